The topological polar surface area (TPSA) is 38.8 Å². The van der Waals surface area contributed by atoms with Crippen molar-refractivity contribution < 1.29 is 14.3 Å². The van der Waals surface area contributed by atoms with Crippen molar-refractivity contribution in [1.82, 2.24) is 4.90 Å². The highest BCUT2D eigenvalue weighted by Crippen LogP contribution is 2.39. The Morgan fingerprint density at radius 3 is 2.73 bits per heavy atom. The number of hydrogen-bond donors (Lipinski definition) is 0. The summed E-state index contributed by atoms with van der Waals surface area (Å²) in [5, 5.41) is 4.18. The average molecular weight is 386 g/mol. The first-order valence-electron chi connectivity index (χ1n) is 8.43. The molecule has 0 saturated carbocycles. The molecule has 1 atom stereocenters. The molecule has 0 aliphatic carbocycles. The lowest BCUT2D eigenvalue weighted by Crippen LogP contribution is -2.42. The molecule has 1 aliphatic rings. The number of thiophene rings is 2. The number of carbonyl (C=O) groups excluding carboxylic acids is 1. The van der Waals surface area contributed by atoms with Crippen LogP contribution in [0.15, 0.2) is 53.2 Å². The van der Waals surface area contributed by atoms with Gasteiger partial charge in [0, 0.05) is 16.3 Å². The SMILES string of the molecule is COc1ccccc1OCC(=O)N1CCc2sccc2[C@@H]1c1cccs1. The quantitative estimate of drug-likeness (QED) is 0.655. The lowest BCUT2D eigenvalue weighted by molar-refractivity contribution is -0.135. The number of nitrogens with zero attached hydrogens (tertiary/aromatic N) is 1. The van der Waals surface area contributed by atoms with E-state index in [0.717, 1.165) is 6.42 Å². The highest BCUT2D eigenvalue weighted by atomic mass is 32.1. The van der Waals surface area contributed by atoms with Gasteiger partial charge in [-0.25, -0.2) is 0 Å². The second kappa shape index (κ2) is 7.51. The molecule has 0 N–H and O–H groups in total. The largest absolute Gasteiger partial charge is 0.493 e. The third-order valence-electron chi connectivity index (χ3n) is 4.52. The second-order valence-corrected chi connectivity index (χ2v) is 7.97. The van der Waals surface area contributed by atoms with Crippen molar-refractivity contribution in [3.05, 3.63) is 68.5 Å². The molecule has 0 fully saturated rings. The van der Waals surface area contributed by atoms with E-state index in [-0.39, 0.29) is 18.6 Å². The number of rotatable bonds is 5. The summed E-state index contributed by atoms with van der Waals surface area (Å²) in [4.78, 5) is 17.5. The lowest BCUT2D eigenvalue weighted by Gasteiger charge is -2.35. The third-order valence-corrected chi connectivity index (χ3v) is 6.44. The van der Waals surface area contributed by atoms with Gasteiger partial charge in [0.15, 0.2) is 18.1 Å². The van der Waals surface area contributed by atoms with Crippen LogP contribution in [0.1, 0.15) is 21.4 Å². The van der Waals surface area contributed by atoms with E-state index < -0.39 is 0 Å². The molecule has 4 rings (SSSR count). The normalized spacial score (nSPS) is 16.2. The predicted molar refractivity (Wildman–Crippen MR) is 104 cm³/mol. The van der Waals surface area contributed by atoms with Gasteiger partial charge in [0.05, 0.1) is 13.2 Å². The van der Waals surface area contributed by atoms with E-state index >= 15 is 0 Å². The highest BCUT2D eigenvalue weighted by molar-refractivity contribution is 7.10. The molecule has 2 aromatic heterocycles. The summed E-state index contributed by atoms with van der Waals surface area (Å²) < 4.78 is 11.1. The number of methoxy groups -OCH3 is 1. The molecule has 0 saturated heterocycles. The van der Waals surface area contributed by atoms with E-state index in [9.17, 15) is 4.79 Å². The molecule has 6 heteroatoms. The van der Waals surface area contributed by atoms with E-state index in [4.69, 9.17) is 9.47 Å². The summed E-state index contributed by atoms with van der Waals surface area (Å²) in [5.41, 5.74) is 1.24. The Morgan fingerprint density at radius 1 is 1.12 bits per heavy atom. The molecule has 1 amide bonds. The molecule has 4 nitrogen and oxygen atoms in total. The number of para-hydroxylation sites is 2. The molecule has 26 heavy (non-hydrogen) atoms. The summed E-state index contributed by atoms with van der Waals surface area (Å²) in [6.45, 7) is 0.714. The summed E-state index contributed by atoms with van der Waals surface area (Å²) in [6, 6.07) is 13.7. The molecular weight excluding hydrogens is 366 g/mol. The van der Waals surface area contributed by atoms with Crippen LogP contribution in [0, 0.1) is 0 Å². The van der Waals surface area contributed by atoms with Crippen molar-refractivity contribution in [2.24, 2.45) is 0 Å². The number of carbonyl (C=O) groups is 1. The third kappa shape index (κ3) is 3.22. The van der Waals surface area contributed by atoms with Crippen LogP contribution in [0.2, 0.25) is 0 Å². The first kappa shape index (κ1) is 17.1. The Balaban J connectivity index is 1.55. The monoisotopic (exact) mass is 385 g/mol. The summed E-state index contributed by atoms with van der Waals surface area (Å²) in [7, 11) is 1.60. The Kier molecular flexibility index (Phi) is 4.95. The maximum Gasteiger partial charge on any atom is 0.261 e. The van der Waals surface area contributed by atoms with Crippen LogP contribution in [-0.4, -0.2) is 31.1 Å². The van der Waals surface area contributed by atoms with E-state index in [0.29, 0.717) is 18.0 Å². The van der Waals surface area contributed by atoms with Gasteiger partial charge in [-0.3, -0.25) is 4.79 Å². The van der Waals surface area contributed by atoms with Gasteiger partial charge < -0.3 is 14.4 Å². The van der Waals surface area contributed by atoms with Gasteiger partial charge in [-0.1, -0.05) is 18.2 Å². The smallest absolute Gasteiger partial charge is 0.261 e. The number of hydrogen-bond acceptors (Lipinski definition) is 5. The molecule has 0 bridgehead atoms. The Hall–Kier alpha value is -2.31. The Labute approximate surface area is 160 Å². The van der Waals surface area contributed by atoms with Gasteiger partial charge in [-0.05, 0) is 47.0 Å². The minimum absolute atomic E-state index is 0.00171. The highest BCUT2D eigenvalue weighted by Gasteiger charge is 2.33. The van der Waals surface area contributed by atoms with Crippen molar-refractivity contribution in [3.8, 4) is 11.5 Å². The molecule has 134 valence electrons. The molecule has 1 aromatic carbocycles. The Morgan fingerprint density at radius 2 is 1.96 bits per heavy atom. The van der Waals surface area contributed by atoms with E-state index in [1.165, 1.54) is 15.3 Å². The van der Waals surface area contributed by atoms with Gasteiger partial charge in [0.2, 0.25) is 0 Å². The molecule has 0 radical (unpaired) electrons. The van der Waals surface area contributed by atoms with Crippen molar-refractivity contribution in [2.75, 3.05) is 20.3 Å². The number of amides is 1. The van der Waals surface area contributed by atoms with E-state index in [2.05, 4.69) is 22.9 Å². The molecular formula is C20H19NO3S2. The lowest BCUT2D eigenvalue weighted by atomic mass is 9.98. The zero-order valence-electron chi connectivity index (χ0n) is 14.4. The fourth-order valence-electron chi connectivity index (χ4n) is 3.30. The zero-order chi connectivity index (χ0) is 17.9. The van der Waals surface area contributed by atoms with Crippen LogP contribution in [0.3, 0.4) is 0 Å². The van der Waals surface area contributed by atoms with Crippen LogP contribution in [0.5, 0.6) is 11.5 Å². The van der Waals surface area contributed by atoms with Crippen molar-refractivity contribution >= 4 is 28.6 Å². The van der Waals surface area contributed by atoms with Crippen LogP contribution < -0.4 is 9.47 Å². The molecule has 3 heterocycles. The summed E-state index contributed by atoms with van der Waals surface area (Å²) in [6.07, 6.45) is 0.898. The van der Waals surface area contributed by atoms with E-state index in [1.54, 1.807) is 29.8 Å². The zero-order valence-corrected chi connectivity index (χ0v) is 16.0. The first-order valence-corrected chi connectivity index (χ1v) is 10.2. The van der Waals surface area contributed by atoms with Crippen LogP contribution in [0.4, 0.5) is 0 Å². The molecule has 0 unspecified atom stereocenters. The first-order chi connectivity index (χ1) is 12.8. The van der Waals surface area contributed by atoms with Crippen molar-refractivity contribution in [3.63, 3.8) is 0 Å². The predicted octanol–water partition coefficient (Wildman–Crippen LogP) is 4.37. The number of ether oxygens (including phenoxy) is 2. The fourth-order valence-corrected chi connectivity index (χ4v) is 5.06. The van der Waals surface area contributed by atoms with Crippen molar-refractivity contribution in [2.45, 2.75) is 12.5 Å². The summed E-state index contributed by atoms with van der Waals surface area (Å²) >= 11 is 3.46. The van der Waals surface area contributed by atoms with E-state index in [1.807, 2.05) is 35.2 Å². The fraction of sp³-hybridized carbons (Fsp3) is 0.250. The minimum Gasteiger partial charge on any atom is -0.493 e. The number of benzene rings is 1. The van der Waals surface area contributed by atoms with Gasteiger partial charge in [0.25, 0.3) is 5.91 Å². The van der Waals surface area contributed by atoms with Crippen molar-refractivity contribution in [1.29, 1.82) is 0 Å². The molecule has 0 spiro atoms. The standard InChI is InChI=1S/C20H19NO3S2/c1-23-15-5-2-3-6-16(15)24-13-19(22)21-10-8-17-14(9-12-26-17)20(21)18-7-4-11-25-18/h2-7,9,11-12,20H,8,10,13H2,1H3/t20-/m1/s1. The van der Waals surface area contributed by atoms with Gasteiger partial charge in [-0.2, -0.15) is 0 Å². The number of fused-ring (bicyclic) bond motifs is 1. The maximum absolute atomic E-state index is 13.0. The van der Waals surface area contributed by atoms with Crippen LogP contribution in [0.25, 0.3) is 0 Å². The van der Waals surface area contributed by atoms with Gasteiger partial charge in [-0.15, -0.1) is 22.7 Å². The van der Waals surface area contributed by atoms with Crippen LogP contribution >= 0.6 is 22.7 Å². The molecule has 3 aromatic rings. The second-order valence-electron chi connectivity index (χ2n) is 5.99. The minimum atomic E-state index is -0.0150. The van der Waals surface area contributed by atoms with Gasteiger partial charge >= 0.3 is 0 Å². The molecule has 1 aliphatic heterocycles. The Bertz CT molecular complexity index is 888. The summed E-state index contributed by atoms with van der Waals surface area (Å²) in [5.74, 6) is 1.21. The van der Waals surface area contributed by atoms with Crippen LogP contribution in [-0.2, 0) is 11.2 Å². The average Bonchev–Trinajstić information content (AvgIpc) is 3.37. The van der Waals surface area contributed by atoms with Gasteiger partial charge in [0.1, 0.15) is 0 Å². The maximum atomic E-state index is 13.0.